The number of ether oxygens (including phenoxy) is 1. The van der Waals surface area contributed by atoms with Crippen LogP contribution >= 0.6 is 0 Å². The van der Waals surface area contributed by atoms with Gasteiger partial charge in [0.05, 0.1) is 13.2 Å². The number of carbonyl (C=O) groups excluding carboxylic acids is 1. The highest BCUT2D eigenvalue weighted by molar-refractivity contribution is 5.89. The summed E-state index contributed by atoms with van der Waals surface area (Å²) >= 11 is 0. The van der Waals surface area contributed by atoms with E-state index in [2.05, 4.69) is 32.1 Å². The van der Waals surface area contributed by atoms with Crippen LogP contribution in [0.25, 0.3) is 0 Å². The van der Waals surface area contributed by atoms with Crippen molar-refractivity contribution in [2.24, 2.45) is 0 Å². The maximum Gasteiger partial charge on any atom is 0.321 e. The van der Waals surface area contributed by atoms with Crippen molar-refractivity contribution in [3.05, 3.63) is 24.3 Å². The van der Waals surface area contributed by atoms with E-state index in [-0.39, 0.29) is 6.03 Å². The molecule has 7 nitrogen and oxygen atoms in total. The number of urea groups is 1. The van der Waals surface area contributed by atoms with E-state index in [4.69, 9.17) is 4.74 Å². The minimum atomic E-state index is -0.0355. The maximum atomic E-state index is 12.2. The van der Waals surface area contributed by atoms with Crippen LogP contribution in [0.5, 0.6) is 0 Å². The average Bonchev–Trinajstić information content (AvgIpc) is 2.75. The molecular weight excluding hydrogens is 354 g/mol. The molecule has 0 spiro atoms. The number of amides is 2. The molecule has 0 atom stereocenters. The third kappa shape index (κ3) is 5.83. The number of nitrogens with zero attached hydrogens (tertiary/aromatic N) is 4. The van der Waals surface area contributed by atoms with Gasteiger partial charge >= 0.3 is 6.03 Å². The van der Waals surface area contributed by atoms with E-state index in [0.717, 1.165) is 84.3 Å². The van der Waals surface area contributed by atoms with Crippen LogP contribution in [0, 0.1) is 0 Å². The Labute approximate surface area is 169 Å². The molecule has 2 fully saturated rings. The van der Waals surface area contributed by atoms with E-state index in [9.17, 15) is 4.79 Å². The summed E-state index contributed by atoms with van der Waals surface area (Å²) < 4.78 is 5.42. The van der Waals surface area contributed by atoms with E-state index < -0.39 is 0 Å². The van der Waals surface area contributed by atoms with Gasteiger partial charge in [-0.3, -0.25) is 9.80 Å². The highest BCUT2D eigenvalue weighted by Gasteiger charge is 2.19. The first-order valence-corrected chi connectivity index (χ1v) is 10.6. The fourth-order valence-electron chi connectivity index (χ4n) is 3.81. The van der Waals surface area contributed by atoms with Gasteiger partial charge in [-0.1, -0.05) is 0 Å². The number of rotatable bonds is 7. The van der Waals surface area contributed by atoms with Gasteiger partial charge in [0.1, 0.15) is 0 Å². The SMILES string of the molecule is CCN(CC)C(=O)Nc1ccc(N2CCN(CCN3CCOCC3)CC2)cc1. The molecule has 0 aliphatic carbocycles. The minimum absolute atomic E-state index is 0.0355. The molecule has 1 aromatic carbocycles. The predicted molar refractivity (Wildman–Crippen MR) is 114 cm³/mol. The van der Waals surface area contributed by atoms with Crippen LogP contribution in [0.4, 0.5) is 16.2 Å². The van der Waals surface area contributed by atoms with Crippen LogP contribution in [-0.2, 0) is 4.74 Å². The normalized spacial score (nSPS) is 18.9. The van der Waals surface area contributed by atoms with Crippen molar-refractivity contribution in [2.75, 3.05) is 88.9 Å². The molecule has 0 bridgehead atoms. The Morgan fingerprint density at radius 1 is 0.929 bits per heavy atom. The molecule has 1 aromatic rings. The molecule has 0 unspecified atom stereocenters. The maximum absolute atomic E-state index is 12.2. The summed E-state index contributed by atoms with van der Waals surface area (Å²) in [5, 5.41) is 2.98. The van der Waals surface area contributed by atoms with E-state index in [0.29, 0.717) is 0 Å². The second-order valence-corrected chi connectivity index (χ2v) is 7.43. The Hall–Kier alpha value is -1.83. The lowest BCUT2D eigenvalue weighted by molar-refractivity contribution is 0.0331. The number of nitrogens with one attached hydrogen (secondary N) is 1. The van der Waals surface area contributed by atoms with Gasteiger partial charge in [-0.05, 0) is 38.1 Å². The average molecular weight is 390 g/mol. The highest BCUT2D eigenvalue weighted by Crippen LogP contribution is 2.20. The third-order valence-electron chi connectivity index (χ3n) is 5.74. The summed E-state index contributed by atoms with van der Waals surface area (Å²) in [6, 6.07) is 8.19. The number of anilines is 2. The van der Waals surface area contributed by atoms with Crippen molar-refractivity contribution in [3.8, 4) is 0 Å². The Balaban J connectivity index is 1.42. The van der Waals surface area contributed by atoms with Crippen molar-refractivity contribution < 1.29 is 9.53 Å². The number of hydrogen-bond donors (Lipinski definition) is 1. The van der Waals surface area contributed by atoms with Crippen LogP contribution in [0.1, 0.15) is 13.8 Å². The number of piperazine rings is 1. The number of benzene rings is 1. The zero-order chi connectivity index (χ0) is 19.8. The summed E-state index contributed by atoms with van der Waals surface area (Å²) in [7, 11) is 0. The first-order valence-electron chi connectivity index (χ1n) is 10.6. The second kappa shape index (κ2) is 10.6. The van der Waals surface area contributed by atoms with Crippen molar-refractivity contribution in [1.29, 1.82) is 0 Å². The van der Waals surface area contributed by atoms with Crippen molar-refractivity contribution >= 4 is 17.4 Å². The lowest BCUT2D eigenvalue weighted by Crippen LogP contribution is -2.49. The number of hydrogen-bond acceptors (Lipinski definition) is 5. The predicted octanol–water partition coefficient (Wildman–Crippen LogP) is 2.01. The molecule has 0 aromatic heterocycles. The zero-order valence-corrected chi connectivity index (χ0v) is 17.4. The first kappa shape index (κ1) is 20.9. The first-order chi connectivity index (χ1) is 13.7. The molecule has 28 heavy (non-hydrogen) atoms. The van der Waals surface area contributed by atoms with Gasteiger partial charge in [0.15, 0.2) is 0 Å². The van der Waals surface area contributed by atoms with Crippen LogP contribution in [0.2, 0.25) is 0 Å². The van der Waals surface area contributed by atoms with Crippen LogP contribution < -0.4 is 10.2 Å². The molecule has 7 heteroatoms. The standard InChI is InChI=1S/C21H35N5O2/c1-3-25(4-2)21(27)22-19-5-7-20(8-6-19)26-13-11-23(12-14-26)9-10-24-15-17-28-18-16-24/h5-8H,3-4,9-18H2,1-2H3,(H,22,27). The van der Waals surface area contributed by atoms with E-state index >= 15 is 0 Å². The molecule has 2 heterocycles. The molecule has 0 radical (unpaired) electrons. The highest BCUT2D eigenvalue weighted by atomic mass is 16.5. The molecule has 1 N–H and O–H groups in total. The fraction of sp³-hybridized carbons (Fsp3) is 0.667. The molecular formula is C21H35N5O2. The summed E-state index contributed by atoms with van der Waals surface area (Å²) in [5.74, 6) is 0. The van der Waals surface area contributed by atoms with E-state index in [1.165, 1.54) is 5.69 Å². The fourth-order valence-corrected chi connectivity index (χ4v) is 3.81. The van der Waals surface area contributed by atoms with Gasteiger partial charge in [-0.15, -0.1) is 0 Å². The van der Waals surface area contributed by atoms with Crippen molar-refractivity contribution in [3.63, 3.8) is 0 Å². The molecule has 2 aliphatic heterocycles. The van der Waals surface area contributed by atoms with Crippen molar-refractivity contribution in [1.82, 2.24) is 14.7 Å². The number of morpholine rings is 1. The van der Waals surface area contributed by atoms with Crippen LogP contribution in [0.15, 0.2) is 24.3 Å². The molecule has 156 valence electrons. The van der Waals surface area contributed by atoms with E-state index in [1.807, 2.05) is 26.0 Å². The van der Waals surface area contributed by atoms with Gasteiger partial charge in [-0.2, -0.15) is 0 Å². The van der Waals surface area contributed by atoms with E-state index in [1.54, 1.807) is 4.90 Å². The van der Waals surface area contributed by atoms with Gasteiger partial charge in [0.2, 0.25) is 0 Å². The van der Waals surface area contributed by atoms with Crippen LogP contribution in [-0.4, -0.2) is 99.4 Å². The molecule has 2 amide bonds. The minimum Gasteiger partial charge on any atom is -0.379 e. The van der Waals surface area contributed by atoms with Gasteiger partial charge < -0.3 is 19.9 Å². The van der Waals surface area contributed by atoms with Crippen molar-refractivity contribution in [2.45, 2.75) is 13.8 Å². The topological polar surface area (TPSA) is 51.3 Å². The number of carbonyl (C=O) groups is 1. The summed E-state index contributed by atoms with van der Waals surface area (Å²) in [4.78, 5) is 21.4. The quantitative estimate of drug-likeness (QED) is 0.773. The Morgan fingerprint density at radius 2 is 1.50 bits per heavy atom. The molecule has 2 saturated heterocycles. The van der Waals surface area contributed by atoms with Crippen LogP contribution in [0.3, 0.4) is 0 Å². The molecule has 3 rings (SSSR count). The lowest BCUT2D eigenvalue weighted by atomic mass is 10.2. The largest absolute Gasteiger partial charge is 0.379 e. The lowest BCUT2D eigenvalue weighted by Gasteiger charge is -2.37. The van der Waals surface area contributed by atoms with Gasteiger partial charge in [-0.25, -0.2) is 4.79 Å². The monoisotopic (exact) mass is 389 g/mol. The summed E-state index contributed by atoms with van der Waals surface area (Å²) in [6.45, 7) is 15.9. The Kier molecular flexibility index (Phi) is 7.94. The Morgan fingerprint density at radius 3 is 2.07 bits per heavy atom. The molecule has 0 saturated carbocycles. The summed E-state index contributed by atoms with van der Waals surface area (Å²) in [5.41, 5.74) is 2.08. The van der Waals surface area contributed by atoms with Gasteiger partial charge in [0, 0.05) is 76.8 Å². The zero-order valence-electron chi connectivity index (χ0n) is 17.4. The molecule has 2 aliphatic rings. The summed E-state index contributed by atoms with van der Waals surface area (Å²) in [6.07, 6.45) is 0. The van der Waals surface area contributed by atoms with Gasteiger partial charge in [0.25, 0.3) is 0 Å². The smallest absolute Gasteiger partial charge is 0.321 e. The third-order valence-corrected chi connectivity index (χ3v) is 5.74. The second-order valence-electron chi connectivity index (χ2n) is 7.43. The Bertz CT molecular complexity index is 591.